The quantitative estimate of drug-likeness (QED) is 0.667. The van der Waals surface area contributed by atoms with Crippen molar-refractivity contribution < 1.29 is 14.3 Å². The fourth-order valence-corrected chi connectivity index (χ4v) is 1.67. The van der Waals surface area contributed by atoms with E-state index in [1.165, 1.54) is 7.11 Å². The van der Waals surface area contributed by atoms with Crippen LogP contribution in [-0.4, -0.2) is 31.1 Å². The van der Waals surface area contributed by atoms with Crippen LogP contribution in [0.25, 0.3) is 0 Å². The molecule has 0 aliphatic carbocycles. The Labute approximate surface area is 95.1 Å². The van der Waals surface area contributed by atoms with E-state index in [1.807, 2.05) is 0 Å². The molecule has 1 amide bonds. The van der Waals surface area contributed by atoms with Gasteiger partial charge in [0.15, 0.2) is 0 Å². The molecule has 1 aliphatic heterocycles. The Morgan fingerprint density at radius 2 is 2.33 bits per heavy atom. The van der Waals surface area contributed by atoms with Gasteiger partial charge < -0.3 is 15.8 Å². The van der Waals surface area contributed by atoms with Crippen molar-refractivity contribution in [2.24, 2.45) is 11.7 Å². The standard InChI is InChI=1S/C9H16N2O3.ClH/c1-9(10,8(13)14-2)5-6-3-4-11-7(6)12;/h6H,3-5,10H2,1-2H3,(H,11,12);1H. The van der Waals surface area contributed by atoms with E-state index in [1.54, 1.807) is 6.92 Å². The summed E-state index contributed by atoms with van der Waals surface area (Å²) in [6.45, 7) is 2.26. The van der Waals surface area contributed by atoms with Gasteiger partial charge in [-0.05, 0) is 19.8 Å². The van der Waals surface area contributed by atoms with Gasteiger partial charge in [0.2, 0.25) is 5.91 Å². The molecular formula is C9H17ClN2O3. The molecule has 0 saturated carbocycles. The average Bonchev–Trinajstić information content (AvgIpc) is 2.50. The minimum atomic E-state index is -1.07. The molecule has 0 radical (unpaired) electrons. The second-order valence-corrected chi connectivity index (χ2v) is 3.89. The lowest BCUT2D eigenvalue weighted by molar-refractivity contribution is -0.147. The van der Waals surface area contributed by atoms with Gasteiger partial charge >= 0.3 is 5.97 Å². The SMILES string of the molecule is COC(=O)C(C)(N)CC1CCNC1=O.Cl. The number of amides is 1. The fourth-order valence-electron chi connectivity index (χ4n) is 1.67. The molecular weight excluding hydrogens is 220 g/mol. The molecule has 0 bridgehead atoms. The van der Waals surface area contributed by atoms with Crippen molar-refractivity contribution in [2.45, 2.75) is 25.3 Å². The predicted octanol–water partition coefficient (Wildman–Crippen LogP) is -0.175. The second kappa shape index (κ2) is 5.32. The van der Waals surface area contributed by atoms with Gasteiger partial charge in [-0.1, -0.05) is 0 Å². The molecule has 0 aromatic carbocycles. The number of carbonyl (C=O) groups is 2. The minimum Gasteiger partial charge on any atom is -0.468 e. The number of rotatable bonds is 3. The lowest BCUT2D eigenvalue weighted by Gasteiger charge is -2.23. The van der Waals surface area contributed by atoms with Crippen molar-refractivity contribution in [3.63, 3.8) is 0 Å². The zero-order valence-corrected chi connectivity index (χ0v) is 9.73. The van der Waals surface area contributed by atoms with E-state index in [0.29, 0.717) is 13.0 Å². The summed E-state index contributed by atoms with van der Waals surface area (Å²) in [5.41, 5.74) is 4.69. The van der Waals surface area contributed by atoms with E-state index in [4.69, 9.17) is 5.73 Å². The first-order valence-corrected chi connectivity index (χ1v) is 4.62. The van der Waals surface area contributed by atoms with Crippen molar-refractivity contribution in [3.05, 3.63) is 0 Å². The molecule has 2 atom stereocenters. The highest BCUT2D eigenvalue weighted by Crippen LogP contribution is 2.21. The summed E-state index contributed by atoms with van der Waals surface area (Å²) in [6, 6.07) is 0. The number of esters is 1. The van der Waals surface area contributed by atoms with Crippen LogP contribution in [0.4, 0.5) is 0 Å². The minimum absolute atomic E-state index is 0. The number of methoxy groups -OCH3 is 1. The number of ether oxygens (including phenoxy) is 1. The summed E-state index contributed by atoms with van der Waals surface area (Å²) in [5.74, 6) is -0.660. The molecule has 3 N–H and O–H groups in total. The van der Waals surface area contributed by atoms with Crippen molar-refractivity contribution in [1.29, 1.82) is 0 Å². The first kappa shape index (κ1) is 14.2. The predicted molar refractivity (Wildman–Crippen MR) is 57.6 cm³/mol. The molecule has 1 fully saturated rings. The maximum absolute atomic E-state index is 11.2. The van der Waals surface area contributed by atoms with Gasteiger partial charge in [-0.15, -0.1) is 12.4 Å². The van der Waals surface area contributed by atoms with Gasteiger partial charge in [0.25, 0.3) is 0 Å². The molecule has 5 nitrogen and oxygen atoms in total. The number of hydrogen-bond donors (Lipinski definition) is 2. The van der Waals surface area contributed by atoms with Gasteiger partial charge in [0.1, 0.15) is 5.54 Å². The smallest absolute Gasteiger partial charge is 0.325 e. The second-order valence-electron chi connectivity index (χ2n) is 3.89. The average molecular weight is 237 g/mol. The first-order chi connectivity index (χ1) is 6.47. The van der Waals surface area contributed by atoms with Crippen LogP contribution in [0.1, 0.15) is 19.8 Å². The molecule has 15 heavy (non-hydrogen) atoms. The lowest BCUT2D eigenvalue weighted by atomic mass is 9.89. The zero-order chi connectivity index (χ0) is 10.8. The van der Waals surface area contributed by atoms with Crippen LogP contribution in [0.2, 0.25) is 0 Å². The zero-order valence-electron chi connectivity index (χ0n) is 8.91. The lowest BCUT2D eigenvalue weighted by Crippen LogP contribution is -2.48. The fraction of sp³-hybridized carbons (Fsp3) is 0.778. The molecule has 1 saturated heterocycles. The molecule has 1 rings (SSSR count). The number of hydrogen-bond acceptors (Lipinski definition) is 4. The number of carbonyl (C=O) groups excluding carboxylic acids is 2. The van der Waals surface area contributed by atoms with Crippen LogP contribution >= 0.6 is 12.4 Å². The highest BCUT2D eigenvalue weighted by Gasteiger charge is 2.36. The Kier molecular flexibility index (Phi) is 5.03. The number of halogens is 1. The monoisotopic (exact) mass is 236 g/mol. The third-order valence-electron chi connectivity index (χ3n) is 2.48. The Morgan fingerprint density at radius 1 is 1.73 bits per heavy atom. The van der Waals surface area contributed by atoms with E-state index in [0.717, 1.165) is 6.42 Å². The highest BCUT2D eigenvalue weighted by atomic mass is 35.5. The normalized spacial score (nSPS) is 23.7. The molecule has 0 aromatic rings. The summed E-state index contributed by atoms with van der Waals surface area (Å²) in [6.07, 6.45) is 1.08. The first-order valence-electron chi connectivity index (χ1n) is 4.62. The van der Waals surface area contributed by atoms with E-state index < -0.39 is 11.5 Å². The van der Waals surface area contributed by atoms with Gasteiger partial charge in [-0.2, -0.15) is 0 Å². The van der Waals surface area contributed by atoms with Crippen LogP contribution < -0.4 is 11.1 Å². The topological polar surface area (TPSA) is 81.4 Å². The summed E-state index contributed by atoms with van der Waals surface area (Å²) in [7, 11) is 1.29. The maximum atomic E-state index is 11.2. The Morgan fingerprint density at radius 3 is 2.73 bits per heavy atom. The molecule has 6 heteroatoms. The molecule has 1 heterocycles. The molecule has 2 unspecified atom stereocenters. The van der Waals surface area contributed by atoms with Crippen molar-refractivity contribution in [2.75, 3.05) is 13.7 Å². The van der Waals surface area contributed by atoms with Crippen molar-refractivity contribution >= 4 is 24.3 Å². The van der Waals surface area contributed by atoms with Crippen molar-refractivity contribution in [1.82, 2.24) is 5.32 Å². The Balaban J connectivity index is 0.00000196. The van der Waals surface area contributed by atoms with Gasteiger partial charge in [0, 0.05) is 12.5 Å². The van der Waals surface area contributed by atoms with E-state index in [9.17, 15) is 9.59 Å². The van der Waals surface area contributed by atoms with E-state index in [-0.39, 0.29) is 24.2 Å². The van der Waals surface area contributed by atoms with Crippen molar-refractivity contribution in [3.8, 4) is 0 Å². The molecule has 88 valence electrons. The number of nitrogens with one attached hydrogen (secondary N) is 1. The summed E-state index contributed by atoms with van der Waals surface area (Å²) < 4.78 is 4.56. The third kappa shape index (κ3) is 3.35. The summed E-state index contributed by atoms with van der Waals surface area (Å²) >= 11 is 0. The Bertz CT molecular complexity index is 256. The van der Waals surface area contributed by atoms with Gasteiger partial charge in [-0.25, -0.2) is 0 Å². The van der Waals surface area contributed by atoms with Crippen LogP contribution in [0.5, 0.6) is 0 Å². The summed E-state index contributed by atoms with van der Waals surface area (Å²) in [5, 5.41) is 2.70. The molecule has 0 spiro atoms. The maximum Gasteiger partial charge on any atom is 0.325 e. The van der Waals surface area contributed by atoms with Crippen LogP contribution in [0.3, 0.4) is 0 Å². The highest BCUT2D eigenvalue weighted by molar-refractivity contribution is 5.85. The molecule has 0 aromatic heterocycles. The molecule has 1 aliphatic rings. The van der Waals surface area contributed by atoms with E-state index >= 15 is 0 Å². The van der Waals surface area contributed by atoms with Gasteiger partial charge in [-0.3, -0.25) is 9.59 Å². The van der Waals surface area contributed by atoms with Crippen LogP contribution in [0, 0.1) is 5.92 Å². The largest absolute Gasteiger partial charge is 0.468 e. The summed E-state index contributed by atoms with van der Waals surface area (Å²) in [4.78, 5) is 22.5. The van der Waals surface area contributed by atoms with Crippen LogP contribution in [0.15, 0.2) is 0 Å². The van der Waals surface area contributed by atoms with Gasteiger partial charge in [0.05, 0.1) is 7.11 Å². The van der Waals surface area contributed by atoms with Crippen LogP contribution in [-0.2, 0) is 14.3 Å². The van der Waals surface area contributed by atoms with E-state index in [2.05, 4.69) is 10.1 Å². The number of nitrogens with two attached hydrogens (primary N) is 1. The third-order valence-corrected chi connectivity index (χ3v) is 2.48. The Hall–Kier alpha value is -0.810.